The fraction of sp³-hybridized carbons (Fsp3) is 0.467. The Balaban J connectivity index is 1.85. The zero-order chi connectivity index (χ0) is 14.1. The van der Waals surface area contributed by atoms with Gasteiger partial charge in [0.2, 0.25) is 0 Å². The van der Waals surface area contributed by atoms with Gasteiger partial charge >= 0.3 is 0 Å². The fourth-order valence-electron chi connectivity index (χ4n) is 2.51. The van der Waals surface area contributed by atoms with Gasteiger partial charge in [-0.25, -0.2) is 5.43 Å². The van der Waals surface area contributed by atoms with Gasteiger partial charge in [-0.3, -0.25) is 5.84 Å². The monoisotopic (exact) mass is 308 g/mol. The van der Waals surface area contributed by atoms with Gasteiger partial charge in [0, 0.05) is 26.9 Å². The Morgan fingerprint density at radius 1 is 1.30 bits per heavy atom. The third-order valence-electron chi connectivity index (χ3n) is 3.88. The Morgan fingerprint density at radius 3 is 2.80 bits per heavy atom. The van der Waals surface area contributed by atoms with E-state index in [4.69, 9.17) is 10.3 Å². The second-order valence-corrected chi connectivity index (χ2v) is 8.28. The quantitative estimate of drug-likeness (QED) is 0.671. The van der Waals surface area contributed by atoms with E-state index in [0.29, 0.717) is 15.7 Å². The summed E-state index contributed by atoms with van der Waals surface area (Å²) in [5.41, 5.74) is 3.88. The first kappa shape index (κ1) is 14.3. The van der Waals surface area contributed by atoms with E-state index in [2.05, 4.69) is 31.4 Å². The van der Waals surface area contributed by atoms with Gasteiger partial charge in [-0.2, -0.15) is 23.5 Å². The first-order chi connectivity index (χ1) is 9.69. The van der Waals surface area contributed by atoms with Gasteiger partial charge in [-0.1, -0.05) is 32.0 Å². The van der Waals surface area contributed by atoms with Crippen LogP contribution in [0.2, 0.25) is 0 Å². The summed E-state index contributed by atoms with van der Waals surface area (Å²) < 4.78 is 5.97. The molecule has 3 N–H and O–H groups in total. The minimum absolute atomic E-state index is 0.0647. The standard InChI is InChI=1S/C15H20N2OS2/c1-9-10(2)20-14(8-19-9)15(17-16)13-7-11-5-3-4-6-12(11)18-13/h3-7,9-10,14-15,17H,8,16H2,1-2H3. The lowest BCUT2D eigenvalue weighted by Crippen LogP contribution is -2.40. The lowest BCUT2D eigenvalue weighted by atomic mass is 10.1. The maximum atomic E-state index is 5.97. The van der Waals surface area contributed by atoms with Gasteiger partial charge < -0.3 is 4.42 Å². The topological polar surface area (TPSA) is 51.2 Å². The minimum Gasteiger partial charge on any atom is -0.459 e. The van der Waals surface area contributed by atoms with Crippen molar-refractivity contribution in [1.29, 1.82) is 0 Å². The number of nitrogens with two attached hydrogens (primary N) is 1. The number of hydrogen-bond acceptors (Lipinski definition) is 5. The molecule has 4 atom stereocenters. The Bertz CT molecular complexity index is 553. The number of hydrazine groups is 1. The fourth-order valence-corrected chi connectivity index (χ4v) is 5.59. The summed E-state index contributed by atoms with van der Waals surface area (Å²) in [5, 5.41) is 2.92. The highest BCUT2D eigenvalue weighted by Crippen LogP contribution is 2.41. The van der Waals surface area contributed by atoms with Crippen LogP contribution in [0, 0.1) is 0 Å². The van der Waals surface area contributed by atoms with Crippen LogP contribution in [0.3, 0.4) is 0 Å². The number of thioether (sulfide) groups is 2. The zero-order valence-corrected chi connectivity index (χ0v) is 13.3. The Kier molecular flexibility index (Phi) is 4.31. The van der Waals surface area contributed by atoms with Crippen molar-refractivity contribution in [3.63, 3.8) is 0 Å². The van der Waals surface area contributed by atoms with Crippen LogP contribution < -0.4 is 11.3 Å². The predicted octanol–water partition coefficient (Wildman–Crippen LogP) is 3.56. The first-order valence-electron chi connectivity index (χ1n) is 6.90. The highest BCUT2D eigenvalue weighted by atomic mass is 32.2. The van der Waals surface area contributed by atoms with E-state index in [1.54, 1.807) is 0 Å². The van der Waals surface area contributed by atoms with Crippen LogP contribution in [0.5, 0.6) is 0 Å². The molecule has 1 aromatic heterocycles. The van der Waals surface area contributed by atoms with E-state index in [9.17, 15) is 0 Å². The number of benzene rings is 1. The molecule has 3 nitrogen and oxygen atoms in total. The summed E-state index contributed by atoms with van der Waals surface area (Å²) in [7, 11) is 0. The van der Waals surface area contributed by atoms with E-state index in [0.717, 1.165) is 22.5 Å². The molecule has 2 aromatic rings. The normalized spacial score (nSPS) is 28.6. The van der Waals surface area contributed by atoms with E-state index >= 15 is 0 Å². The summed E-state index contributed by atoms with van der Waals surface area (Å²) in [5.74, 6) is 7.84. The molecule has 20 heavy (non-hydrogen) atoms. The van der Waals surface area contributed by atoms with Crippen molar-refractivity contribution in [3.05, 3.63) is 36.1 Å². The van der Waals surface area contributed by atoms with Crippen LogP contribution in [0.15, 0.2) is 34.7 Å². The van der Waals surface area contributed by atoms with Gasteiger partial charge in [0.25, 0.3) is 0 Å². The number of rotatable bonds is 3. The molecule has 0 radical (unpaired) electrons. The van der Waals surface area contributed by atoms with Gasteiger partial charge in [-0.05, 0) is 12.1 Å². The van der Waals surface area contributed by atoms with Crippen molar-refractivity contribution >= 4 is 34.5 Å². The first-order valence-corrected chi connectivity index (χ1v) is 8.90. The summed E-state index contributed by atoms with van der Waals surface area (Å²) in [6.45, 7) is 4.59. The number of furan rings is 1. The van der Waals surface area contributed by atoms with Crippen LogP contribution in [0.4, 0.5) is 0 Å². The SMILES string of the molecule is CC1SCC(C(NN)c2cc3ccccc3o2)SC1C. The molecular formula is C15H20N2OS2. The van der Waals surface area contributed by atoms with Crippen molar-refractivity contribution in [2.75, 3.05) is 5.75 Å². The average Bonchev–Trinajstić information content (AvgIpc) is 2.87. The molecule has 5 heteroatoms. The summed E-state index contributed by atoms with van der Waals surface area (Å²) in [6, 6.07) is 10.3. The summed E-state index contributed by atoms with van der Waals surface area (Å²) >= 11 is 4.03. The molecule has 3 rings (SSSR count). The van der Waals surface area contributed by atoms with Crippen LogP contribution in [0.1, 0.15) is 25.6 Å². The molecule has 1 aliphatic heterocycles. The third-order valence-corrected chi connectivity index (χ3v) is 7.37. The molecule has 1 aliphatic rings. The third kappa shape index (κ3) is 2.72. The Morgan fingerprint density at radius 2 is 2.10 bits per heavy atom. The second kappa shape index (κ2) is 6.02. The smallest absolute Gasteiger partial charge is 0.134 e. The van der Waals surface area contributed by atoms with Crippen molar-refractivity contribution in [1.82, 2.24) is 5.43 Å². The molecule has 0 aliphatic carbocycles. The lowest BCUT2D eigenvalue weighted by Gasteiger charge is -2.34. The van der Waals surface area contributed by atoms with Crippen molar-refractivity contribution < 1.29 is 4.42 Å². The molecule has 0 bridgehead atoms. The Hall–Kier alpha value is -0.620. The molecule has 1 fully saturated rings. The molecular weight excluding hydrogens is 288 g/mol. The zero-order valence-electron chi connectivity index (χ0n) is 11.7. The number of fused-ring (bicyclic) bond motifs is 1. The number of nitrogens with one attached hydrogen (secondary N) is 1. The van der Waals surface area contributed by atoms with Crippen LogP contribution >= 0.6 is 23.5 Å². The van der Waals surface area contributed by atoms with Crippen molar-refractivity contribution in [2.45, 2.75) is 35.6 Å². The number of para-hydroxylation sites is 1. The largest absolute Gasteiger partial charge is 0.459 e. The molecule has 1 saturated heterocycles. The van der Waals surface area contributed by atoms with Gasteiger partial charge in [0.1, 0.15) is 11.3 Å². The lowest BCUT2D eigenvalue weighted by molar-refractivity contribution is 0.435. The molecule has 0 saturated carbocycles. The van der Waals surface area contributed by atoms with Gasteiger partial charge in [0.05, 0.1) is 6.04 Å². The average molecular weight is 308 g/mol. The summed E-state index contributed by atoms with van der Waals surface area (Å²) in [6.07, 6.45) is 0. The van der Waals surface area contributed by atoms with E-state index < -0.39 is 0 Å². The van der Waals surface area contributed by atoms with Crippen LogP contribution in [-0.2, 0) is 0 Å². The molecule has 0 spiro atoms. The molecule has 4 unspecified atom stereocenters. The van der Waals surface area contributed by atoms with Gasteiger partial charge in [-0.15, -0.1) is 0 Å². The van der Waals surface area contributed by atoms with Crippen LogP contribution in [-0.4, -0.2) is 21.5 Å². The molecule has 2 heterocycles. The molecule has 1 aromatic carbocycles. The van der Waals surface area contributed by atoms with Gasteiger partial charge in [0.15, 0.2) is 0 Å². The molecule has 108 valence electrons. The van der Waals surface area contributed by atoms with E-state index in [1.807, 2.05) is 41.7 Å². The van der Waals surface area contributed by atoms with Crippen LogP contribution in [0.25, 0.3) is 11.0 Å². The Labute approximate surface area is 128 Å². The predicted molar refractivity (Wildman–Crippen MR) is 89.0 cm³/mol. The van der Waals surface area contributed by atoms with E-state index in [1.165, 1.54) is 0 Å². The maximum absolute atomic E-state index is 5.97. The summed E-state index contributed by atoms with van der Waals surface area (Å²) in [4.78, 5) is 0. The maximum Gasteiger partial charge on any atom is 0.134 e. The second-order valence-electron chi connectivity index (χ2n) is 5.25. The minimum atomic E-state index is 0.0647. The van der Waals surface area contributed by atoms with Crippen molar-refractivity contribution in [2.24, 2.45) is 5.84 Å². The number of hydrogen-bond donors (Lipinski definition) is 2. The highest BCUT2D eigenvalue weighted by Gasteiger charge is 2.33. The van der Waals surface area contributed by atoms with Crippen molar-refractivity contribution in [3.8, 4) is 0 Å². The highest BCUT2D eigenvalue weighted by molar-refractivity contribution is 8.07. The van der Waals surface area contributed by atoms with E-state index in [-0.39, 0.29) is 6.04 Å². The molecule has 0 amide bonds.